The highest BCUT2D eigenvalue weighted by Gasteiger charge is 2.32. The predicted molar refractivity (Wildman–Crippen MR) is 141 cm³/mol. The highest BCUT2D eigenvalue weighted by Crippen LogP contribution is 2.31. The largest absolute Gasteiger partial charge is 0.342 e. The first kappa shape index (κ1) is 25.3. The van der Waals surface area contributed by atoms with Crippen molar-refractivity contribution in [1.29, 1.82) is 0 Å². The van der Waals surface area contributed by atoms with Crippen LogP contribution in [-0.4, -0.2) is 49.6 Å². The number of carbonyl (C=O) groups excluding carboxylic acids is 2. The van der Waals surface area contributed by atoms with Crippen LogP contribution >= 0.6 is 15.9 Å². The molecule has 1 saturated heterocycles. The number of nitrogens with zero attached hydrogens (tertiary/aromatic N) is 1. The van der Waals surface area contributed by atoms with Crippen molar-refractivity contribution in [2.75, 3.05) is 23.7 Å². The molecule has 7 nitrogen and oxygen atoms in total. The number of anilines is 1. The minimum absolute atomic E-state index is 0.00693. The molecule has 0 bridgehead atoms. The zero-order valence-corrected chi connectivity index (χ0v) is 22.0. The van der Waals surface area contributed by atoms with Crippen LogP contribution in [-0.2, 0) is 14.8 Å². The van der Waals surface area contributed by atoms with Crippen molar-refractivity contribution in [1.82, 2.24) is 9.62 Å². The third kappa shape index (κ3) is 5.42. The van der Waals surface area contributed by atoms with Crippen molar-refractivity contribution in [2.45, 2.75) is 31.2 Å². The minimum atomic E-state index is -3.84. The number of aryl methyl sites for hydroxylation is 1. The molecule has 35 heavy (non-hydrogen) atoms. The Morgan fingerprint density at radius 2 is 1.71 bits per heavy atom. The Morgan fingerprint density at radius 1 is 1.03 bits per heavy atom. The smallest absolute Gasteiger partial charge is 0.255 e. The van der Waals surface area contributed by atoms with Gasteiger partial charge in [-0.25, -0.2) is 13.1 Å². The van der Waals surface area contributed by atoms with Gasteiger partial charge in [0.15, 0.2) is 0 Å². The van der Waals surface area contributed by atoms with Crippen LogP contribution in [0.1, 0.15) is 29.3 Å². The summed E-state index contributed by atoms with van der Waals surface area (Å²) >= 11 is 3.20. The van der Waals surface area contributed by atoms with E-state index in [-0.39, 0.29) is 34.0 Å². The molecule has 3 aromatic rings. The molecule has 0 radical (unpaired) electrons. The summed E-state index contributed by atoms with van der Waals surface area (Å²) in [4.78, 5) is 26.8. The van der Waals surface area contributed by atoms with E-state index in [1.54, 1.807) is 35.2 Å². The van der Waals surface area contributed by atoms with Gasteiger partial charge in [0.05, 0.1) is 10.2 Å². The average molecular weight is 558 g/mol. The fourth-order valence-corrected chi connectivity index (χ4v) is 6.47. The second kappa shape index (κ2) is 10.5. The standard InChI is InChI=1S/C26H28BrN3O4S/c1-17-7-3-4-8-19(17)26(32)28-23-11-12-24(21-10-6-5-9-20(21)23)35(33,34)29-22-13-14-30(16-18(22)2)25(31)15-27/h3-12,18,22,29H,13-16H2,1-2H3,(H,28,32)/t18-,22+/m1/s1. The average Bonchev–Trinajstić information content (AvgIpc) is 2.85. The highest BCUT2D eigenvalue weighted by atomic mass is 79.9. The topological polar surface area (TPSA) is 95.6 Å². The molecule has 1 fully saturated rings. The molecule has 0 aliphatic carbocycles. The minimum Gasteiger partial charge on any atom is -0.342 e. The van der Waals surface area contributed by atoms with Gasteiger partial charge in [0.25, 0.3) is 5.91 Å². The molecule has 1 heterocycles. The molecule has 0 saturated carbocycles. The lowest BCUT2D eigenvalue weighted by molar-refractivity contribution is -0.130. The fraction of sp³-hybridized carbons (Fsp3) is 0.308. The van der Waals surface area contributed by atoms with Gasteiger partial charge in [-0.15, -0.1) is 0 Å². The van der Waals surface area contributed by atoms with E-state index in [0.717, 1.165) is 5.56 Å². The SMILES string of the molecule is Cc1ccccc1C(=O)Nc1ccc(S(=O)(=O)N[C@H]2CCN(C(=O)CBr)C[C@H]2C)c2ccccc12. The first-order chi connectivity index (χ1) is 16.7. The lowest BCUT2D eigenvalue weighted by Crippen LogP contribution is -2.51. The second-order valence-electron chi connectivity index (χ2n) is 8.89. The van der Waals surface area contributed by atoms with Gasteiger partial charge in [-0.3, -0.25) is 9.59 Å². The Morgan fingerprint density at radius 3 is 2.40 bits per heavy atom. The van der Waals surface area contributed by atoms with E-state index in [2.05, 4.69) is 26.0 Å². The number of hydrogen-bond acceptors (Lipinski definition) is 4. The molecule has 2 amide bonds. The van der Waals surface area contributed by atoms with Crippen LogP contribution in [0.3, 0.4) is 0 Å². The number of benzene rings is 3. The van der Waals surface area contributed by atoms with Gasteiger partial charge in [-0.05, 0) is 43.0 Å². The molecule has 3 aromatic carbocycles. The maximum absolute atomic E-state index is 13.4. The number of sulfonamides is 1. The number of rotatable bonds is 6. The zero-order chi connectivity index (χ0) is 25.2. The number of halogens is 1. The van der Waals surface area contributed by atoms with Crippen molar-refractivity contribution in [3.05, 3.63) is 71.8 Å². The molecule has 184 valence electrons. The zero-order valence-electron chi connectivity index (χ0n) is 19.6. The number of nitrogens with one attached hydrogen (secondary N) is 2. The number of alkyl halides is 1. The lowest BCUT2D eigenvalue weighted by Gasteiger charge is -2.37. The van der Waals surface area contributed by atoms with E-state index < -0.39 is 10.0 Å². The van der Waals surface area contributed by atoms with E-state index in [1.807, 2.05) is 38.1 Å². The van der Waals surface area contributed by atoms with Crippen molar-refractivity contribution >= 4 is 54.2 Å². The number of fused-ring (bicyclic) bond motifs is 1. The molecule has 1 aliphatic heterocycles. The summed E-state index contributed by atoms with van der Waals surface area (Å²) in [6.07, 6.45) is 0.543. The van der Waals surface area contributed by atoms with Crippen LogP contribution in [0.15, 0.2) is 65.6 Å². The summed E-state index contributed by atoms with van der Waals surface area (Å²) in [5.74, 6) is -0.270. The van der Waals surface area contributed by atoms with E-state index in [0.29, 0.717) is 41.5 Å². The Hall–Kier alpha value is -2.75. The number of hydrogen-bond donors (Lipinski definition) is 2. The Balaban J connectivity index is 1.60. The van der Waals surface area contributed by atoms with E-state index in [9.17, 15) is 18.0 Å². The van der Waals surface area contributed by atoms with Crippen molar-refractivity contribution in [3.8, 4) is 0 Å². The summed E-state index contributed by atoms with van der Waals surface area (Å²) in [6, 6.07) is 17.3. The van der Waals surface area contributed by atoms with Crippen LogP contribution < -0.4 is 10.0 Å². The van der Waals surface area contributed by atoms with Gasteiger partial charge >= 0.3 is 0 Å². The van der Waals surface area contributed by atoms with E-state index in [4.69, 9.17) is 0 Å². The first-order valence-electron chi connectivity index (χ1n) is 11.5. The number of amides is 2. The molecule has 0 unspecified atom stereocenters. The van der Waals surface area contributed by atoms with Crippen molar-refractivity contribution in [2.24, 2.45) is 5.92 Å². The number of carbonyl (C=O) groups is 2. The van der Waals surface area contributed by atoms with Crippen LogP contribution in [0.2, 0.25) is 0 Å². The van der Waals surface area contributed by atoms with Gasteiger partial charge < -0.3 is 10.2 Å². The molecule has 9 heteroatoms. The van der Waals surface area contributed by atoms with Crippen LogP contribution in [0, 0.1) is 12.8 Å². The normalized spacial score (nSPS) is 18.4. The Bertz CT molecular complexity index is 1380. The van der Waals surface area contributed by atoms with Crippen LogP contribution in [0.5, 0.6) is 0 Å². The lowest BCUT2D eigenvalue weighted by atomic mass is 9.95. The fourth-order valence-electron chi connectivity index (χ4n) is 4.53. The molecule has 0 aromatic heterocycles. The monoisotopic (exact) mass is 557 g/mol. The van der Waals surface area contributed by atoms with Crippen molar-refractivity contribution in [3.63, 3.8) is 0 Å². The maximum atomic E-state index is 13.4. The number of likely N-dealkylation sites (tertiary alicyclic amines) is 1. The third-order valence-corrected chi connectivity index (χ3v) is 8.52. The Labute approximate surface area is 214 Å². The first-order valence-corrected chi connectivity index (χ1v) is 14.1. The van der Waals surface area contributed by atoms with E-state index >= 15 is 0 Å². The quantitative estimate of drug-likeness (QED) is 0.441. The molecule has 1 aliphatic rings. The summed E-state index contributed by atoms with van der Waals surface area (Å²) in [5, 5.41) is 4.36. The Kier molecular flexibility index (Phi) is 7.59. The molecule has 2 N–H and O–H groups in total. The number of piperidine rings is 1. The highest BCUT2D eigenvalue weighted by molar-refractivity contribution is 9.09. The van der Waals surface area contributed by atoms with Crippen molar-refractivity contribution < 1.29 is 18.0 Å². The second-order valence-corrected chi connectivity index (χ2v) is 11.1. The van der Waals surface area contributed by atoms with Crippen LogP contribution in [0.25, 0.3) is 10.8 Å². The molecule has 2 atom stereocenters. The summed E-state index contributed by atoms with van der Waals surface area (Å²) in [7, 11) is -3.84. The van der Waals surface area contributed by atoms with Gasteiger partial charge in [-0.2, -0.15) is 0 Å². The third-order valence-electron chi connectivity index (χ3n) is 6.49. The van der Waals surface area contributed by atoms with Crippen LogP contribution in [0.4, 0.5) is 5.69 Å². The molecular weight excluding hydrogens is 530 g/mol. The molecular formula is C26H28BrN3O4S. The predicted octanol–water partition coefficient (Wildman–Crippen LogP) is 4.31. The van der Waals surface area contributed by atoms with E-state index in [1.165, 1.54) is 6.07 Å². The summed E-state index contributed by atoms with van der Waals surface area (Å²) < 4.78 is 29.7. The molecule has 0 spiro atoms. The van der Waals surface area contributed by atoms with Gasteiger partial charge in [0.1, 0.15) is 0 Å². The summed E-state index contributed by atoms with van der Waals surface area (Å²) in [5.41, 5.74) is 1.96. The van der Waals surface area contributed by atoms with Gasteiger partial charge in [0.2, 0.25) is 15.9 Å². The van der Waals surface area contributed by atoms with Gasteiger partial charge in [0, 0.05) is 41.2 Å². The summed E-state index contributed by atoms with van der Waals surface area (Å²) in [6.45, 7) is 4.83. The maximum Gasteiger partial charge on any atom is 0.255 e. The van der Waals surface area contributed by atoms with Gasteiger partial charge in [-0.1, -0.05) is 65.3 Å². The molecule has 4 rings (SSSR count).